The number of hydrogen-bond acceptors (Lipinski definition) is 3. The van der Waals surface area contributed by atoms with Crippen LogP contribution in [0, 0.1) is 20.8 Å². The quantitative estimate of drug-likeness (QED) is 0.154. The first-order valence-electron chi connectivity index (χ1n) is 26.2. The van der Waals surface area contributed by atoms with E-state index >= 15 is 0 Å². The number of nitrogens with zero attached hydrogens (tertiary/aromatic N) is 4. The zero-order valence-electron chi connectivity index (χ0n) is 42.1. The first-order valence-corrected chi connectivity index (χ1v) is 26.2. The van der Waals surface area contributed by atoms with Gasteiger partial charge in [0.1, 0.15) is 0 Å². The molecule has 0 atom stereocenters. The molecule has 0 aliphatic carbocycles. The Balaban J connectivity index is 1.10. The van der Waals surface area contributed by atoms with Crippen LogP contribution in [0.25, 0.3) is 38.6 Å². The molecule has 352 valence electrons. The van der Waals surface area contributed by atoms with Crippen LogP contribution >= 0.6 is 0 Å². The van der Waals surface area contributed by atoms with Gasteiger partial charge in [0.05, 0.1) is 16.7 Å². The molecule has 0 saturated heterocycles. The van der Waals surface area contributed by atoms with Crippen LogP contribution in [-0.2, 0) is 0 Å². The van der Waals surface area contributed by atoms with Gasteiger partial charge in [0.25, 0.3) is 6.71 Å². The molecule has 0 amide bonds. The zero-order valence-corrected chi connectivity index (χ0v) is 42.1. The predicted octanol–water partition coefficient (Wildman–Crippen LogP) is 13.8. The summed E-state index contributed by atoms with van der Waals surface area (Å²) >= 11 is 0. The molecule has 0 spiro atoms. The van der Waals surface area contributed by atoms with Crippen molar-refractivity contribution < 1.29 is 0 Å². The summed E-state index contributed by atoms with van der Waals surface area (Å²) in [6.07, 6.45) is 0. The number of fused-ring (bicyclic) bond motifs is 9. The van der Waals surface area contributed by atoms with Gasteiger partial charge in [-0.1, -0.05) is 192 Å². The number of rotatable bonds is 6. The monoisotopic (exact) mass is 956 g/mol. The van der Waals surface area contributed by atoms with Crippen molar-refractivity contribution in [2.75, 3.05) is 14.7 Å². The van der Waals surface area contributed by atoms with Crippen molar-refractivity contribution in [2.24, 2.45) is 0 Å². The van der Waals surface area contributed by atoms with Gasteiger partial charge in [0, 0.05) is 62.0 Å². The zero-order chi connectivity index (χ0) is 49.9. The Kier molecular flexibility index (Phi) is 9.77. The minimum absolute atomic E-state index is 0.0184. The fourth-order valence-corrected chi connectivity index (χ4v) is 13.4. The molecule has 0 radical (unpaired) electrons. The number of hydrogen-bond donors (Lipinski definition) is 0. The van der Waals surface area contributed by atoms with Crippen LogP contribution in [0.4, 0.5) is 51.2 Å². The third-order valence-electron chi connectivity index (χ3n) is 16.3. The summed E-state index contributed by atoms with van der Waals surface area (Å²) in [6.45, 7) is 6.71. The Hall–Kier alpha value is -9.25. The Labute approximate surface area is 439 Å². The average Bonchev–Trinajstić information content (AvgIpc) is 3.80. The van der Waals surface area contributed by atoms with Crippen molar-refractivity contribution >= 4 is 119 Å². The van der Waals surface area contributed by atoms with Gasteiger partial charge in [-0.3, -0.25) is 0 Å². The van der Waals surface area contributed by atoms with E-state index in [0.29, 0.717) is 0 Å². The first kappa shape index (κ1) is 43.3. The minimum atomic E-state index is -0.120. The molecule has 6 heteroatoms. The molecule has 4 heterocycles. The van der Waals surface area contributed by atoms with E-state index < -0.39 is 0 Å². The summed E-state index contributed by atoms with van der Waals surface area (Å²) in [5, 5.41) is 2.48. The highest BCUT2D eigenvalue weighted by atomic mass is 15.2. The molecule has 1 aromatic heterocycles. The largest absolute Gasteiger partial charge is 0.311 e. The van der Waals surface area contributed by atoms with E-state index in [4.69, 9.17) is 0 Å². The van der Waals surface area contributed by atoms with E-state index in [1.165, 1.54) is 111 Å². The molecule has 3 aliphatic heterocycles. The number of aryl methyl sites for hydroxylation is 3. The van der Waals surface area contributed by atoms with E-state index in [9.17, 15) is 0 Å². The average molecular weight is 957 g/mol. The van der Waals surface area contributed by atoms with Gasteiger partial charge in [-0.25, -0.2) is 0 Å². The Morgan fingerprint density at radius 3 is 1.28 bits per heavy atom. The van der Waals surface area contributed by atoms with Crippen molar-refractivity contribution in [3.05, 3.63) is 265 Å². The molecule has 15 rings (SSSR count). The summed E-state index contributed by atoms with van der Waals surface area (Å²) in [5.41, 5.74) is 28.0. The molecule has 0 saturated carbocycles. The maximum Gasteiger partial charge on any atom is 0.252 e. The van der Waals surface area contributed by atoms with E-state index in [-0.39, 0.29) is 13.4 Å². The number of aromatic nitrogens is 1. The maximum absolute atomic E-state index is 2.63. The first-order chi connectivity index (χ1) is 37.0. The van der Waals surface area contributed by atoms with Crippen molar-refractivity contribution in [1.29, 1.82) is 0 Å². The molecule has 12 aromatic rings. The Morgan fingerprint density at radius 2 is 0.720 bits per heavy atom. The summed E-state index contributed by atoms with van der Waals surface area (Å²) in [5.74, 6) is 0. The summed E-state index contributed by atoms with van der Waals surface area (Å²) in [7, 11) is 0. The van der Waals surface area contributed by atoms with Gasteiger partial charge in [0.2, 0.25) is 6.71 Å². The van der Waals surface area contributed by atoms with Crippen molar-refractivity contribution in [2.45, 2.75) is 20.8 Å². The van der Waals surface area contributed by atoms with Crippen LogP contribution in [0.2, 0.25) is 0 Å². The number of para-hydroxylation sites is 6. The molecule has 0 fully saturated rings. The van der Waals surface area contributed by atoms with Crippen molar-refractivity contribution in [1.82, 2.24) is 4.57 Å². The van der Waals surface area contributed by atoms with E-state index in [1.54, 1.807) is 0 Å². The third-order valence-corrected chi connectivity index (χ3v) is 16.3. The normalized spacial score (nSPS) is 13.1. The van der Waals surface area contributed by atoms with Crippen LogP contribution in [0.1, 0.15) is 16.7 Å². The highest BCUT2D eigenvalue weighted by molar-refractivity contribution is 7.02. The van der Waals surface area contributed by atoms with Crippen LogP contribution in [0.3, 0.4) is 0 Å². The highest BCUT2D eigenvalue weighted by Gasteiger charge is 2.46. The van der Waals surface area contributed by atoms with Gasteiger partial charge in [-0.05, 0) is 138 Å². The molecule has 75 heavy (non-hydrogen) atoms. The van der Waals surface area contributed by atoms with Gasteiger partial charge < -0.3 is 19.3 Å². The maximum atomic E-state index is 2.63. The molecular formula is C69H50B2N4. The van der Waals surface area contributed by atoms with E-state index in [2.05, 4.69) is 289 Å². The minimum Gasteiger partial charge on any atom is -0.311 e. The van der Waals surface area contributed by atoms with Crippen LogP contribution < -0.4 is 47.5 Å². The lowest BCUT2D eigenvalue weighted by Gasteiger charge is -2.46. The molecule has 0 unspecified atom stereocenters. The van der Waals surface area contributed by atoms with E-state index in [0.717, 1.165) is 28.4 Å². The second kappa shape index (κ2) is 16.9. The number of benzene rings is 11. The number of anilines is 9. The van der Waals surface area contributed by atoms with Crippen molar-refractivity contribution in [3.8, 4) is 16.8 Å². The van der Waals surface area contributed by atoms with Gasteiger partial charge >= 0.3 is 0 Å². The molecule has 0 bridgehead atoms. The molecular weight excluding hydrogens is 906 g/mol. The van der Waals surface area contributed by atoms with Crippen LogP contribution in [-0.4, -0.2) is 18.0 Å². The fraction of sp³-hybridized carbons (Fsp3) is 0.0435. The predicted molar refractivity (Wildman–Crippen MR) is 320 cm³/mol. The lowest BCUT2D eigenvalue weighted by atomic mass is 9.30. The molecule has 4 nitrogen and oxygen atoms in total. The van der Waals surface area contributed by atoms with Crippen LogP contribution in [0.5, 0.6) is 0 Å². The lowest BCUT2D eigenvalue weighted by Crippen LogP contribution is -2.64. The Morgan fingerprint density at radius 1 is 0.280 bits per heavy atom. The summed E-state index contributed by atoms with van der Waals surface area (Å²) in [6, 6.07) is 93.0. The van der Waals surface area contributed by atoms with Gasteiger partial charge in [-0.2, -0.15) is 0 Å². The molecule has 3 aliphatic rings. The second-order valence-corrected chi connectivity index (χ2v) is 20.6. The van der Waals surface area contributed by atoms with Gasteiger partial charge in [0.15, 0.2) is 0 Å². The fourth-order valence-electron chi connectivity index (χ4n) is 13.4. The SMILES string of the molecule is Cc1cc(C)c(B2c3ccccc3N(c3ccccc3)c3cc4c(cc32)B2c3ccc(-c5ccccc5)cc3N(c3ccccc3)c3cc(-n5c6ccccc6c6ccccc65)cc(c32)N4c2ccccc2)c(C)c1. The van der Waals surface area contributed by atoms with E-state index in [1.807, 2.05) is 0 Å². The van der Waals surface area contributed by atoms with Crippen molar-refractivity contribution in [3.63, 3.8) is 0 Å². The Bertz CT molecular complexity index is 4170. The van der Waals surface area contributed by atoms with Crippen LogP contribution in [0.15, 0.2) is 249 Å². The lowest BCUT2D eigenvalue weighted by molar-refractivity contribution is 1.16. The van der Waals surface area contributed by atoms with Gasteiger partial charge in [-0.15, -0.1) is 0 Å². The molecule has 11 aromatic carbocycles. The third kappa shape index (κ3) is 6.59. The molecule has 0 N–H and O–H groups in total. The topological polar surface area (TPSA) is 14.7 Å². The highest BCUT2D eigenvalue weighted by Crippen LogP contribution is 2.48. The second-order valence-electron chi connectivity index (χ2n) is 20.6. The summed E-state index contributed by atoms with van der Waals surface area (Å²) in [4.78, 5) is 7.66. The standard InChI is InChI=1S/C69H50B2N4/c1-45-38-46(2)68(47(3)39-45)70-56-32-18-21-35-62(56)72(50-24-10-5-11-25-50)64-44-65-59(43-58(64)70)71-57-37-36-49(48-22-8-4-9-23-48)40-63(57)73(51-26-12-6-13-27-51)66-41-53(42-67(69(66)71)74(65)52-28-14-7-15-29-52)75-60-33-19-16-30-54(60)55-31-17-20-34-61(55)75/h4-44H,1-3H3. The summed E-state index contributed by atoms with van der Waals surface area (Å²) < 4.78 is 2.49. The smallest absolute Gasteiger partial charge is 0.252 e.